The molecule has 1 aromatic carbocycles. The van der Waals surface area contributed by atoms with Crippen molar-refractivity contribution in [1.82, 2.24) is 5.32 Å². The molecule has 18 heavy (non-hydrogen) atoms. The normalized spacial score (nSPS) is 18.6. The number of benzene rings is 1. The summed E-state index contributed by atoms with van der Waals surface area (Å²) in [4.78, 5) is 0. The molecule has 2 atom stereocenters. The lowest BCUT2D eigenvalue weighted by molar-refractivity contribution is 0.495. The van der Waals surface area contributed by atoms with Crippen LogP contribution in [0.2, 0.25) is 0 Å². The second-order valence-corrected chi connectivity index (χ2v) is 6.62. The van der Waals surface area contributed by atoms with Gasteiger partial charge in [-0.05, 0) is 36.5 Å². The SMILES string of the molecule is CCS(=O)CCNC(c1ccc(F)cc1)C1CC1. The van der Waals surface area contributed by atoms with Crippen molar-refractivity contribution in [1.29, 1.82) is 0 Å². The summed E-state index contributed by atoms with van der Waals surface area (Å²) in [7, 11) is -0.719. The fourth-order valence-corrected chi connectivity index (χ4v) is 2.76. The molecule has 0 aliphatic heterocycles. The molecule has 2 rings (SSSR count). The van der Waals surface area contributed by atoms with Gasteiger partial charge in [-0.3, -0.25) is 4.21 Å². The van der Waals surface area contributed by atoms with E-state index in [-0.39, 0.29) is 5.82 Å². The molecular formula is C14H20FNOS. The number of halogens is 1. The van der Waals surface area contributed by atoms with Gasteiger partial charge in [0.2, 0.25) is 0 Å². The van der Waals surface area contributed by atoms with Crippen LogP contribution in [0.4, 0.5) is 4.39 Å². The van der Waals surface area contributed by atoms with Crippen LogP contribution in [0.15, 0.2) is 24.3 Å². The second kappa shape index (κ2) is 6.43. The maximum Gasteiger partial charge on any atom is 0.123 e. The fraction of sp³-hybridized carbons (Fsp3) is 0.571. The van der Waals surface area contributed by atoms with Crippen molar-refractivity contribution in [2.75, 3.05) is 18.1 Å². The highest BCUT2D eigenvalue weighted by atomic mass is 32.2. The molecule has 1 aromatic rings. The van der Waals surface area contributed by atoms with E-state index in [1.54, 1.807) is 0 Å². The average Bonchev–Trinajstić information content (AvgIpc) is 3.20. The molecule has 1 N–H and O–H groups in total. The van der Waals surface area contributed by atoms with Crippen molar-refractivity contribution in [2.45, 2.75) is 25.8 Å². The van der Waals surface area contributed by atoms with Gasteiger partial charge < -0.3 is 5.32 Å². The van der Waals surface area contributed by atoms with Crippen molar-refractivity contribution in [3.63, 3.8) is 0 Å². The third kappa shape index (κ3) is 3.89. The molecule has 4 heteroatoms. The quantitative estimate of drug-likeness (QED) is 0.824. The summed E-state index contributed by atoms with van der Waals surface area (Å²) >= 11 is 0. The number of hydrogen-bond donors (Lipinski definition) is 1. The first-order valence-electron chi connectivity index (χ1n) is 6.54. The molecule has 0 saturated heterocycles. The molecule has 0 heterocycles. The molecule has 1 aliphatic carbocycles. The topological polar surface area (TPSA) is 29.1 Å². The molecule has 100 valence electrons. The standard InChI is InChI=1S/C14H20FNOS/c1-2-18(17)10-9-16-14(11-3-4-11)12-5-7-13(15)8-6-12/h5-8,11,14,16H,2-4,9-10H2,1H3. The van der Waals surface area contributed by atoms with E-state index in [9.17, 15) is 8.60 Å². The Hall–Kier alpha value is -0.740. The van der Waals surface area contributed by atoms with Crippen molar-refractivity contribution in [3.05, 3.63) is 35.6 Å². The lowest BCUT2D eigenvalue weighted by atomic mass is 10.0. The molecule has 2 nitrogen and oxygen atoms in total. The van der Waals surface area contributed by atoms with Gasteiger partial charge in [-0.25, -0.2) is 4.39 Å². The summed E-state index contributed by atoms with van der Waals surface area (Å²) < 4.78 is 24.3. The smallest absolute Gasteiger partial charge is 0.123 e. The van der Waals surface area contributed by atoms with Gasteiger partial charge in [-0.2, -0.15) is 0 Å². The minimum absolute atomic E-state index is 0.194. The van der Waals surface area contributed by atoms with Crippen molar-refractivity contribution in [2.24, 2.45) is 5.92 Å². The van der Waals surface area contributed by atoms with Crippen LogP contribution in [0.5, 0.6) is 0 Å². The van der Waals surface area contributed by atoms with E-state index in [1.807, 2.05) is 19.1 Å². The fourth-order valence-electron chi connectivity index (χ4n) is 2.13. The van der Waals surface area contributed by atoms with Gasteiger partial charge in [0.1, 0.15) is 5.82 Å². The number of hydrogen-bond acceptors (Lipinski definition) is 2. The Morgan fingerprint density at radius 3 is 2.61 bits per heavy atom. The summed E-state index contributed by atoms with van der Waals surface area (Å²) in [5.41, 5.74) is 1.14. The summed E-state index contributed by atoms with van der Waals surface area (Å²) in [6.07, 6.45) is 2.46. The van der Waals surface area contributed by atoms with E-state index in [0.29, 0.717) is 23.5 Å². The Morgan fingerprint density at radius 1 is 1.39 bits per heavy atom. The van der Waals surface area contributed by atoms with E-state index in [0.717, 1.165) is 12.1 Å². The summed E-state index contributed by atoms with van der Waals surface area (Å²) in [5, 5.41) is 3.47. The zero-order valence-corrected chi connectivity index (χ0v) is 11.5. The molecule has 0 amide bonds. The van der Waals surface area contributed by atoms with Crippen LogP contribution >= 0.6 is 0 Å². The van der Waals surface area contributed by atoms with Crippen LogP contribution in [0.1, 0.15) is 31.4 Å². The number of nitrogens with one attached hydrogen (secondary N) is 1. The Bertz CT molecular complexity index is 403. The van der Waals surface area contributed by atoms with Crippen molar-refractivity contribution in [3.8, 4) is 0 Å². The Kier molecular flexibility index (Phi) is 4.89. The predicted molar refractivity (Wildman–Crippen MR) is 73.4 cm³/mol. The van der Waals surface area contributed by atoms with Crippen molar-refractivity contribution >= 4 is 10.8 Å². The van der Waals surface area contributed by atoms with Crippen LogP contribution in [-0.2, 0) is 10.8 Å². The Morgan fingerprint density at radius 2 is 2.06 bits per heavy atom. The number of rotatable bonds is 7. The zero-order valence-electron chi connectivity index (χ0n) is 10.7. The van der Waals surface area contributed by atoms with E-state index in [2.05, 4.69) is 5.32 Å². The Balaban J connectivity index is 1.92. The predicted octanol–water partition coefficient (Wildman–Crippen LogP) is 2.64. The third-order valence-electron chi connectivity index (χ3n) is 3.34. The van der Waals surface area contributed by atoms with Gasteiger partial charge >= 0.3 is 0 Å². The van der Waals surface area contributed by atoms with Gasteiger partial charge in [0.15, 0.2) is 0 Å². The summed E-state index contributed by atoms with van der Waals surface area (Å²) in [6.45, 7) is 2.70. The first kappa shape index (κ1) is 13.7. The lowest BCUT2D eigenvalue weighted by Gasteiger charge is -2.18. The highest BCUT2D eigenvalue weighted by Gasteiger charge is 2.31. The van der Waals surface area contributed by atoms with E-state index in [1.165, 1.54) is 25.0 Å². The maximum atomic E-state index is 12.9. The van der Waals surface area contributed by atoms with Crippen molar-refractivity contribution < 1.29 is 8.60 Å². The molecule has 0 aromatic heterocycles. The molecule has 0 bridgehead atoms. The summed E-state index contributed by atoms with van der Waals surface area (Å²) in [6, 6.07) is 7.01. The van der Waals surface area contributed by atoms with E-state index >= 15 is 0 Å². The summed E-state index contributed by atoms with van der Waals surface area (Å²) in [5.74, 6) is 1.87. The van der Waals surface area contributed by atoms with Gasteiger partial charge in [0.25, 0.3) is 0 Å². The Labute approximate surface area is 110 Å². The second-order valence-electron chi connectivity index (χ2n) is 4.75. The molecule has 0 spiro atoms. The first-order chi connectivity index (χ1) is 8.70. The van der Waals surface area contributed by atoms with Crippen LogP contribution in [0.25, 0.3) is 0 Å². The molecule has 0 radical (unpaired) electrons. The van der Waals surface area contributed by atoms with E-state index in [4.69, 9.17) is 0 Å². The lowest BCUT2D eigenvalue weighted by Crippen LogP contribution is -2.27. The molecule has 1 fully saturated rings. The highest BCUT2D eigenvalue weighted by molar-refractivity contribution is 7.84. The zero-order chi connectivity index (χ0) is 13.0. The van der Waals surface area contributed by atoms with Gasteiger partial charge in [0, 0.05) is 34.9 Å². The third-order valence-corrected chi connectivity index (χ3v) is 4.64. The molecular weight excluding hydrogens is 249 g/mol. The molecule has 2 unspecified atom stereocenters. The van der Waals surface area contributed by atoms with Crippen LogP contribution in [0.3, 0.4) is 0 Å². The maximum absolute atomic E-state index is 12.9. The highest BCUT2D eigenvalue weighted by Crippen LogP contribution is 2.40. The molecule has 1 aliphatic rings. The largest absolute Gasteiger partial charge is 0.309 e. The molecule has 1 saturated carbocycles. The van der Waals surface area contributed by atoms with Gasteiger partial charge in [0.05, 0.1) is 0 Å². The average molecular weight is 269 g/mol. The minimum atomic E-state index is -0.719. The van der Waals surface area contributed by atoms with Gasteiger partial charge in [-0.1, -0.05) is 19.1 Å². The van der Waals surface area contributed by atoms with E-state index < -0.39 is 10.8 Å². The minimum Gasteiger partial charge on any atom is -0.309 e. The first-order valence-corrected chi connectivity index (χ1v) is 8.03. The van der Waals surface area contributed by atoms with Gasteiger partial charge in [-0.15, -0.1) is 0 Å². The van der Waals surface area contributed by atoms with Crippen LogP contribution < -0.4 is 5.32 Å². The monoisotopic (exact) mass is 269 g/mol. The van der Waals surface area contributed by atoms with Crippen LogP contribution in [0, 0.1) is 11.7 Å². The van der Waals surface area contributed by atoms with Crippen LogP contribution in [-0.4, -0.2) is 22.3 Å².